The molecule has 0 aromatic heterocycles. The van der Waals surface area contributed by atoms with Crippen LogP contribution in [-0.4, -0.2) is 31.1 Å². The summed E-state index contributed by atoms with van der Waals surface area (Å²) >= 11 is 0. The summed E-state index contributed by atoms with van der Waals surface area (Å²) in [5.74, 6) is -0.518. The predicted octanol–water partition coefficient (Wildman–Crippen LogP) is 0.732. The second-order valence-electron chi connectivity index (χ2n) is 4.83. The Balaban J connectivity index is 2.00. The SMILES string of the molecule is COC(=O)[C@]1(c2ccccc2)O[C@H]2CCC(=O)N[C@H]21. The molecule has 1 N–H and O–H groups in total. The Morgan fingerprint density at radius 3 is 2.84 bits per heavy atom. The monoisotopic (exact) mass is 261 g/mol. The van der Waals surface area contributed by atoms with Gasteiger partial charge in [0.05, 0.1) is 19.3 Å². The number of hydrogen-bond donors (Lipinski definition) is 1. The molecule has 5 nitrogen and oxygen atoms in total. The van der Waals surface area contributed by atoms with Gasteiger partial charge in [0.1, 0.15) is 0 Å². The first-order valence-corrected chi connectivity index (χ1v) is 6.29. The molecule has 5 heteroatoms. The quantitative estimate of drug-likeness (QED) is 0.797. The van der Waals surface area contributed by atoms with Crippen molar-refractivity contribution in [1.82, 2.24) is 5.32 Å². The fourth-order valence-corrected chi connectivity index (χ4v) is 2.89. The molecule has 0 aliphatic carbocycles. The molecule has 2 aliphatic heterocycles. The summed E-state index contributed by atoms with van der Waals surface area (Å²) in [6.07, 6.45) is 0.965. The van der Waals surface area contributed by atoms with E-state index in [1.807, 2.05) is 30.3 Å². The van der Waals surface area contributed by atoms with Crippen LogP contribution < -0.4 is 5.32 Å². The topological polar surface area (TPSA) is 64.6 Å². The Labute approximate surface area is 110 Å². The predicted molar refractivity (Wildman–Crippen MR) is 66.2 cm³/mol. The van der Waals surface area contributed by atoms with Gasteiger partial charge in [0.15, 0.2) is 0 Å². The fourth-order valence-electron chi connectivity index (χ4n) is 2.89. The zero-order chi connectivity index (χ0) is 13.5. The van der Waals surface area contributed by atoms with Crippen molar-refractivity contribution in [2.75, 3.05) is 7.11 Å². The van der Waals surface area contributed by atoms with E-state index in [1.165, 1.54) is 7.11 Å². The van der Waals surface area contributed by atoms with Crippen LogP contribution >= 0.6 is 0 Å². The summed E-state index contributed by atoms with van der Waals surface area (Å²) in [5.41, 5.74) is -0.484. The lowest BCUT2D eigenvalue weighted by Gasteiger charge is -2.54. The highest BCUT2D eigenvalue weighted by Crippen LogP contribution is 2.46. The van der Waals surface area contributed by atoms with Gasteiger partial charge in [-0.1, -0.05) is 30.3 Å². The maximum Gasteiger partial charge on any atom is 0.345 e. The Hall–Kier alpha value is -1.88. The summed E-state index contributed by atoms with van der Waals surface area (Å²) in [4.78, 5) is 23.7. The summed E-state index contributed by atoms with van der Waals surface area (Å²) in [6, 6.07) is 8.82. The van der Waals surface area contributed by atoms with Crippen molar-refractivity contribution >= 4 is 11.9 Å². The minimum atomic E-state index is -1.20. The van der Waals surface area contributed by atoms with Gasteiger partial charge in [-0.05, 0) is 12.0 Å². The lowest BCUT2D eigenvalue weighted by Crippen LogP contribution is -2.74. The van der Waals surface area contributed by atoms with Crippen molar-refractivity contribution in [2.45, 2.75) is 30.6 Å². The van der Waals surface area contributed by atoms with Gasteiger partial charge >= 0.3 is 5.97 Å². The normalized spacial score (nSPS) is 32.8. The summed E-state index contributed by atoms with van der Waals surface area (Å²) in [5, 5.41) is 2.86. The molecule has 1 aromatic carbocycles. The van der Waals surface area contributed by atoms with Crippen molar-refractivity contribution in [3.63, 3.8) is 0 Å². The average molecular weight is 261 g/mol. The molecule has 0 unspecified atom stereocenters. The van der Waals surface area contributed by atoms with E-state index in [4.69, 9.17) is 9.47 Å². The molecule has 1 aromatic rings. The standard InChI is InChI=1S/C14H15NO4/c1-18-13(17)14(9-5-3-2-4-6-9)12-10(19-14)7-8-11(16)15-12/h2-6,10,12H,7-8H2,1H3,(H,15,16)/t10-,12+,14+/m0/s1. The largest absolute Gasteiger partial charge is 0.467 e. The number of esters is 1. The van der Waals surface area contributed by atoms with Crippen LogP contribution in [0.1, 0.15) is 18.4 Å². The van der Waals surface area contributed by atoms with Crippen LogP contribution in [0, 0.1) is 0 Å². The van der Waals surface area contributed by atoms with Crippen molar-refractivity contribution in [3.8, 4) is 0 Å². The zero-order valence-corrected chi connectivity index (χ0v) is 10.6. The molecule has 1 amide bonds. The number of rotatable bonds is 2. The second kappa shape index (κ2) is 4.35. The highest BCUT2D eigenvalue weighted by Gasteiger charge is 2.64. The van der Waals surface area contributed by atoms with Crippen LogP contribution in [0.25, 0.3) is 0 Å². The molecule has 19 heavy (non-hydrogen) atoms. The number of amides is 1. The van der Waals surface area contributed by atoms with E-state index < -0.39 is 11.6 Å². The van der Waals surface area contributed by atoms with E-state index in [2.05, 4.69) is 5.32 Å². The number of piperidine rings is 1. The van der Waals surface area contributed by atoms with Gasteiger partial charge in [0, 0.05) is 6.42 Å². The minimum Gasteiger partial charge on any atom is -0.467 e. The van der Waals surface area contributed by atoms with Crippen LogP contribution in [0.5, 0.6) is 0 Å². The van der Waals surface area contributed by atoms with Crippen LogP contribution in [0.2, 0.25) is 0 Å². The number of fused-ring (bicyclic) bond motifs is 1. The van der Waals surface area contributed by atoms with E-state index in [0.29, 0.717) is 18.4 Å². The third-order valence-electron chi connectivity index (χ3n) is 3.81. The molecular formula is C14H15NO4. The maximum atomic E-state index is 12.2. The van der Waals surface area contributed by atoms with Gasteiger partial charge < -0.3 is 14.8 Å². The van der Waals surface area contributed by atoms with Gasteiger partial charge in [-0.25, -0.2) is 4.79 Å². The Morgan fingerprint density at radius 1 is 1.42 bits per heavy atom. The number of hydrogen-bond acceptors (Lipinski definition) is 4. The molecule has 100 valence electrons. The van der Waals surface area contributed by atoms with Crippen LogP contribution in [0.15, 0.2) is 30.3 Å². The van der Waals surface area contributed by atoms with Crippen LogP contribution in [0.4, 0.5) is 0 Å². The van der Waals surface area contributed by atoms with Crippen LogP contribution in [-0.2, 0) is 24.7 Å². The molecule has 2 aliphatic rings. The van der Waals surface area contributed by atoms with E-state index in [9.17, 15) is 9.59 Å². The van der Waals surface area contributed by atoms with Crippen molar-refractivity contribution < 1.29 is 19.1 Å². The Kier molecular flexibility index (Phi) is 2.78. The van der Waals surface area contributed by atoms with Gasteiger partial charge in [-0.15, -0.1) is 0 Å². The first-order valence-electron chi connectivity index (χ1n) is 6.29. The molecule has 2 saturated heterocycles. The summed E-state index contributed by atoms with van der Waals surface area (Å²) in [6.45, 7) is 0. The molecule has 2 heterocycles. The summed E-state index contributed by atoms with van der Waals surface area (Å²) < 4.78 is 10.7. The lowest BCUT2D eigenvalue weighted by atomic mass is 9.74. The third kappa shape index (κ3) is 1.65. The Bertz CT molecular complexity index is 515. The van der Waals surface area contributed by atoms with Gasteiger partial charge in [-0.2, -0.15) is 0 Å². The van der Waals surface area contributed by atoms with E-state index in [1.54, 1.807) is 0 Å². The van der Waals surface area contributed by atoms with Crippen LogP contribution in [0.3, 0.4) is 0 Å². The van der Waals surface area contributed by atoms with E-state index in [-0.39, 0.29) is 18.1 Å². The fraction of sp³-hybridized carbons (Fsp3) is 0.429. The first-order chi connectivity index (χ1) is 9.18. The first kappa shape index (κ1) is 12.2. The van der Waals surface area contributed by atoms with Crippen molar-refractivity contribution in [2.24, 2.45) is 0 Å². The number of ether oxygens (including phenoxy) is 2. The second-order valence-corrected chi connectivity index (χ2v) is 4.83. The van der Waals surface area contributed by atoms with E-state index in [0.717, 1.165) is 0 Å². The number of carbonyl (C=O) groups is 2. The molecule has 3 rings (SSSR count). The van der Waals surface area contributed by atoms with Gasteiger partial charge in [0.25, 0.3) is 0 Å². The molecule has 0 bridgehead atoms. The molecular weight excluding hydrogens is 246 g/mol. The highest BCUT2D eigenvalue weighted by molar-refractivity contribution is 5.87. The molecule has 0 radical (unpaired) electrons. The molecule has 3 atom stereocenters. The van der Waals surface area contributed by atoms with Gasteiger partial charge in [-0.3, -0.25) is 4.79 Å². The third-order valence-corrected chi connectivity index (χ3v) is 3.81. The maximum absolute atomic E-state index is 12.2. The number of carbonyl (C=O) groups excluding carboxylic acids is 2. The summed E-state index contributed by atoms with van der Waals surface area (Å²) in [7, 11) is 1.33. The molecule has 0 saturated carbocycles. The molecule has 2 fully saturated rings. The highest BCUT2D eigenvalue weighted by atomic mass is 16.6. The zero-order valence-electron chi connectivity index (χ0n) is 10.6. The smallest absolute Gasteiger partial charge is 0.345 e. The van der Waals surface area contributed by atoms with Crippen molar-refractivity contribution in [3.05, 3.63) is 35.9 Å². The van der Waals surface area contributed by atoms with Crippen molar-refractivity contribution in [1.29, 1.82) is 0 Å². The number of benzene rings is 1. The lowest BCUT2D eigenvalue weighted by molar-refractivity contribution is -0.254. The number of methoxy groups -OCH3 is 1. The average Bonchev–Trinajstić information content (AvgIpc) is 2.43. The number of nitrogens with one attached hydrogen (secondary N) is 1. The van der Waals surface area contributed by atoms with E-state index >= 15 is 0 Å². The minimum absolute atomic E-state index is 0.0474. The Morgan fingerprint density at radius 2 is 2.16 bits per heavy atom. The van der Waals surface area contributed by atoms with Gasteiger partial charge in [0.2, 0.25) is 11.5 Å². The molecule has 0 spiro atoms.